The van der Waals surface area contributed by atoms with Crippen molar-refractivity contribution in [2.45, 2.75) is 26.5 Å². The summed E-state index contributed by atoms with van der Waals surface area (Å²) in [6.07, 6.45) is 0.0963. The fraction of sp³-hybridized carbons (Fsp3) is 0.625. The summed E-state index contributed by atoms with van der Waals surface area (Å²) >= 11 is 0. The summed E-state index contributed by atoms with van der Waals surface area (Å²) in [6.45, 7) is 9.40. The number of nitrogens with zero attached hydrogens (tertiary/aromatic N) is 1. The molecule has 1 aromatic rings. The van der Waals surface area contributed by atoms with Gasteiger partial charge in [-0.3, -0.25) is 4.90 Å². The van der Waals surface area contributed by atoms with Crippen molar-refractivity contribution in [3.05, 3.63) is 23.8 Å². The lowest BCUT2D eigenvalue weighted by molar-refractivity contribution is -0.0468. The van der Waals surface area contributed by atoms with Crippen molar-refractivity contribution in [1.29, 1.82) is 0 Å². The summed E-state index contributed by atoms with van der Waals surface area (Å²) in [5.41, 5.74) is 6.76. The first kappa shape index (κ1) is 16.1. The fourth-order valence-electron chi connectivity index (χ4n) is 2.50. The van der Waals surface area contributed by atoms with Gasteiger partial charge in [-0.25, -0.2) is 0 Å². The second-order valence-corrected chi connectivity index (χ2v) is 5.08. The predicted molar refractivity (Wildman–Crippen MR) is 82.9 cm³/mol. The molecule has 5 heteroatoms. The van der Waals surface area contributed by atoms with Crippen LogP contribution in [0.2, 0.25) is 0 Å². The molecular formula is C16H26N2O3. The van der Waals surface area contributed by atoms with Gasteiger partial charge in [-0.1, -0.05) is 19.1 Å². The molecule has 0 aromatic heterocycles. The highest BCUT2D eigenvalue weighted by molar-refractivity contribution is 5.46. The van der Waals surface area contributed by atoms with Crippen LogP contribution >= 0.6 is 0 Å². The second-order valence-electron chi connectivity index (χ2n) is 5.08. The zero-order chi connectivity index (χ0) is 15.1. The zero-order valence-electron chi connectivity index (χ0n) is 13.0. The SMILES string of the molecule is CCOc1cccc(CN)c1OCC1CN(CC)CCO1. The van der Waals surface area contributed by atoms with E-state index < -0.39 is 0 Å². The number of para-hydroxylation sites is 1. The van der Waals surface area contributed by atoms with Crippen LogP contribution in [0.1, 0.15) is 19.4 Å². The molecule has 21 heavy (non-hydrogen) atoms. The molecule has 1 unspecified atom stereocenters. The predicted octanol–water partition coefficient (Wildman–Crippen LogP) is 1.64. The third-order valence-electron chi connectivity index (χ3n) is 3.66. The van der Waals surface area contributed by atoms with Crippen LogP contribution < -0.4 is 15.2 Å². The number of rotatable bonds is 7. The van der Waals surface area contributed by atoms with E-state index >= 15 is 0 Å². The summed E-state index contributed by atoms with van der Waals surface area (Å²) in [6, 6.07) is 5.83. The molecule has 2 N–H and O–H groups in total. The number of nitrogens with two attached hydrogens (primary N) is 1. The van der Waals surface area contributed by atoms with E-state index in [1.54, 1.807) is 0 Å². The van der Waals surface area contributed by atoms with Gasteiger partial charge in [0.1, 0.15) is 12.7 Å². The van der Waals surface area contributed by atoms with Crippen molar-refractivity contribution in [3.8, 4) is 11.5 Å². The molecule has 1 saturated heterocycles. The Kier molecular flexibility index (Phi) is 6.29. The molecule has 1 aromatic carbocycles. The first-order valence-corrected chi connectivity index (χ1v) is 7.70. The molecule has 1 heterocycles. The first-order valence-electron chi connectivity index (χ1n) is 7.70. The lowest BCUT2D eigenvalue weighted by Gasteiger charge is -2.32. The van der Waals surface area contributed by atoms with Crippen LogP contribution in [0.15, 0.2) is 18.2 Å². The molecule has 0 saturated carbocycles. The van der Waals surface area contributed by atoms with Crippen molar-refractivity contribution in [2.75, 3.05) is 39.5 Å². The van der Waals surface area contributed by atoms with Crippen LogP contribution in [-0.4, -0.2) is 50.5 Å². The second kappa shape index (κ2) is 8.22. The molecule has 5 nitrogen and oxygen atoms in total. The van der Waals surface area contributed by atoms with Gasteiger partial charge >= 0.3 is 0 Å². The maximum absolute atomic E-state index is 5.99. The van der Waals surface area contributed by atoms with Gasteiger partial charge in [-0.05, 0) is 19.5 Å². The highest BCUT2D eigenvalue weighted by atomic mass is 16.5. The Morgan fingerprint density at radius 2 is 2.19 bits per heavy atom. The molecule has 0 aliphatic carbocycles. The molecule has 0 radical (unpaired) electrons. The average Bonchev–Trinajstić information content (AvgIpc) is 2.54. The lowest BCUT2D eigenvalue weighted by atomic mass is 10.2. The van der Waals surface area contributed by atoms with Crippen LogP contribution in [0, 0.1) is 0 Å². The van der Waals surface area contributed by atoms with Crippen molar-refractivity contribution >= 4 is 0 Å². The molecule has 0 bridgehead atoms. The van der Waals surface area contributed by atoms with Crippen molar-refractivity contribution in [3.63, 3.8) is 0 Å². The molecule has 0 spiro atoms. The van der Waals surface area contributed by atoms with E-state index in [9.17, 15) is 0 Å². The molecule has 1 atom stereocenters. The first-order chi connectivity index (χ1) is 10.3. The van der Waals surface area contributed by atoms with Gasteiger partial charge in [0.05, 0.1) is 13.2 Å². The molecule has 1 aliphatic heterocycles. The van der Waals surface area contributed by atoms with E-state index in [0.717, 1.165) is 43.3 Å². The van der Waals surface area contributed by atoms with Gasteiger partial charge in [0.25, 0.3) is 0 Å². The Morgan fingerprint density at radius 1 is 1.33 bits per heavy atom. The summed E-state index contributed by atoms with van der Waals surface area (Å²) in [4.78, 5) is 2.37. The Bertz CT molecular complexity index is 440. The van der Waals surface area contributed by atoms with E-state index in [2.05, 4.69) is 11.8 Å². The third-order valence-corrected chi connectivity index (χ3v) is 3.66. The highest BCUT2D eigenvalue weighted by Crippen LogP contribution is 2.31. The lowest BCUT2D eigenvalue weighted by Crippen LogP contribution is -2.44. The fourth-order valence-corrected chi connectivity index (χ4v) is 2.50. The summed E-state index contributed by atoms with van der Waals surface area (Å²) in [7, 11) is 0. The normalized spacial score (nSPS) is 19.5. The molecular weight excluding hydrogens is 268 g/mol. The Balaban J connectivity index is 2.01. The van der Waals surface area contributed by atoms with Gasteiger partial charge in [0, 0.05) is 25.2 Å². The minimum atomic E-state index is 0.0963. The van der Waals surface area contributed by atoms with Gasteiger partial charge < -0.3 is 19.9 Å². The maximum atomic E-state index is 5.99. The smallest absolute Gasteiger partial charge is 0.165 e. The highest BCUT2D eigenvalue weighted by Gasteiger charge is 2.21. The largest absolute Gasteiger partial charge is 0.490 e. The average molecular weight is 294 g/mol. The van der Waals surface area contributed by atoms with Gasteiger partial charge in [0.15, 0.2) is 11.5 Å². The van der Waals surface area contributed by atoms with E-state index in [4.69, 9.17) is 19.9 Å². The monoisotopic (exact) mass is 294 g/mol. The molecule has 1 fully saturated rings. The van der Waals surface area contributed by atoms with Gasteiger partial charge in [0.2, 0.25) is 0 Å². The molecule has 2 rings (SSSR count). The van der Waals surface area contributed by atoms with Crippen molar-refractivity contribution in [2.24, 2.45) is 5.73 Å². The molecule has 1 aliphatic rings. The zero-order valence-corrected chi connectivity index (χ0v) is 13.0. The van der Waals surface area contributed by atoms with E-state index in [-0.39, 0.29) is 6.10 Å². The molecule has 0 amide bonds. The molecule has 118 valence electrons. The number of benzene rings is 1. The Morgan fingerprint density at radius 3 is 2.90 bits per heavy atom. The summed E-state index contributed by atoms with van der Waals surface area (Å²) in [5, 5.41) is 0. The standard InChI is InChI=1S/C16H26N2O3/c1-3-18-8-9-20-14(11-18)12-21-16-13(10-17)6-5-7-15(16)19-4-2/h5-7,14H,3-4,8-12,17H2,1-2H3. The van der Waals surface area contributed by atoms with E-state index in [1.807, 2.05) is 25.1 Å². The third kappa shape index (κ3) is 4.33. The van der Waals surface area contributed by atoms with Crippen LogP contribution in [0.3, 0.4) is 0 Å². The summed E-state index contributed by atoms with van der Waals surface area (Å²) in [5.74, 6) is 1.50. The number of likely N-dealkylation sites (N-methyl/N-ethyl adjacent to an activating group) is 1. The topological polar surface area (TPSA) is 57.0 Å². The van der Waals surface area contributed by atoms with Gasteiger partial charge in [-0.2, -0.15) is 0 Å². The van der Waals surface area contributed by atoms with Crippen molar-refractivity contribution < 1.29 is 14.2 Å². The quantitative estimate of drug-likeness (QED) is 0.828. The van der Waals surface area contributed by atoms with Gasteiger partial charge in [-0.15, -0.1) is 0 Å². The minimum Gasteiger partial charge on any atom is -0.490 e. The minimum absolute atomic E-state index is 0.0963. The van der Waals surface area contributed by atoms with Crippen LogP contribution in [0.5, 0.6) is 11.5 Å². The van der Waals surface area contributed by atoms with Crippen LogP contribution in [0.4, 0.5) is 0 Å². The van der Waals surface area contributed by atoms with Crippen molar-refractivity contribution in [1.82, 2.24) is 4.90 Å². The maximum Gasteiger partial charge on any atom is 0.165 e. The Labute approximate surface area is 127 Å². The number of morpholine rings is 1. The Hall–Kier alpha value is -1.30. The van der Waals surface area contributed by atoms with Crippen LogP contribution in [-0.2, 0) is 11.3 Å². The van der Waals surface area contributed by atoms with E-state index in [1.165, 1.54) is 0 Å². The number of hydrogen-bond donors (Lipinski definition) is 1. The van der Waals surface area contributed by atoms with E-state index in [0.29, 0.717) is 19.8 Å². The van der Waals surface area contributed by atoms with Crippen LogP contribution in [0.25, 0.3) is 0 Å². The summed E-state index contributed by atoms with van der Waals surface area (Å²) < 4.78 is 17.4. The number of hydrogen-bond acceptors (Lipinski definition) is 5. The number of ether oxygens (including phenoxy) is 3.